The lowest BCUT2D eigenvalue weighted by atomic mass is 9.48. The van der Waals surface area contributed by atoms with Crippen LogP contribution >= 0.6 is 0 Å². The predicted molar refractivity (Wildman–Crippen MR) is 87.6 cm³/mol. The molecule has 0 saturated heterocycles. The number of allylic oxidation sites excluding steroid dienone is 1. The maximum atomic E-state index is 13.6. The standard InChI is InChI=1S/C20H29FO2/c1-12-9-13-10-14(22)3-4-15(13)16-5-7-19(2)17(18(12)16)6-8-20(19,23)11-21/h10,12,15-18,23H,3-9,11H2,1-2H3/t12?,15-,16?,17?,18?,19-,20+/m0/s1/i21-1. The van der Waals surface area contributed by atoms with Crippen LogP contribution in [-0.2, 0) is 4.79 Å². The fraction of sp³-hybridized carbons (Fsp3) is 0.850. The highest BCUT2D eigenvalue weighted by Gasteiger charge is 2.63. The van der Waals surface area contributed by atoms with Gasteiger partial charge in [0.25, 0.3) is 0 Å². The van der Waals surface area contributed by atoms with E-state index < -0.39 is 12.3 Å². The fourth-order valence-electron chi connectivity index (χ4n) is 6.92. The van der Waals surface area contributed by atoms with E-state index in [0.29, 0.717) is 48.2 Å². The van der Waals surface area contributed by atoms with Crippen molar-refractivity contribution in [2.45, 2.75) is 64.4 Å². The van der Waals surface area contributed by atoms with E-state index in [1.807, 2.05) is 6.08 Å². The molecule has 4 unspecified atom stereocenters. The summed E-state index contributed by atoms with van der Waals surface area (Å²) in [6.07, 6.45) is 8.26. The van der Waals surface area contributed by atoms with Gasteiger partial charge in [-0.05, 0) is 74.2 Å². The average Bonchev–Trinajstić information content (AvgIpc) is 2.79. The van der Waals surface area contributed by atoms with Gasteiger partial charge in [-0.3, -0.25) is 4.79 Å². The maximum absolute atomic E-state index is 13.6. The van der Waals surface area contributed by atoms with Gasteiger partial charge in [-0.15, -0.1) is 0 Å². The Morgan fingerprint density at radius 2 is 2.09 bits per heavy atom. The van der Waals surface area contributed by atoms with E-state index in [0.717, 1.165) is 32.1 Å². The molecule has 0 heterocycles. The molecule has 0 amide bonds. The Labute approximate surface area is 138 Å². The third kappa shape index (κ3) is 2.04. The van der Waals surface area contributed by atoms with Crippen molar-refractivity contribution in [3.63, 3.8) is 0 Å². The highest BCUT2D eigenvalue weighted by molar-refractivity contribution is 5.91. The van der Waals surface area contributed by atoms with Crippen LogP contribution in [0, 0.1) is 35.0 Å². The minimum absolute atomic E-state index is 0.261. The number of hydrogen-bond acceptors (Lipinski definition) is 2. The van der Waals surface area contributed by atoms with Crippen molar-refractivity contribution in [2.24, 2.45) is 35.0 Å². The van der Waals surface area contributed by atoms with Crippen LogP contribution in [0.2, 0.25) is 0 Å². The summed E-state index contributed by atoms with van der Waals surface area (Å²) in [4.78, 5) is 11.8. The lowest BCUT2D eigenvalue weighted by molar-refractivity contribution is -0.135. The normalized spacial score (nSPS) is 52.4. The van der Waals surface area contributed by atoms with Crippen LogP contribution in [0.3, 0.4) is 0 Å². The van der Waals surface area contributed by atoms with Gasteiger partial charge in [0.05, 0.1) is 5.60 Å². The molecule has 1 N–H and O–H groups in total. The Morgan fingerprint density at radius 1 is 1.30 bits per heavy atom. The van der Waals surface area contributed by atoms with Crippen LogP contribution in [0.4, 0.5) is 4.39 Å². The molecule has 3 saturated carbocycles. The second kappa shape index (κ2) is 5.15. The Morgan fingerprint density at radius 3 is 2.83 bits per heavy atom. The summed E-state index contributed by atoms with van der Waals surface area (Å²) in [6.45, 7) is 3.85. The van der Waals surface area contributed by atoms with Gasteiger partial charge in [-0.25, -0.2) is 4.39 Å². The number of rotatable bonds is 1. The molecule has 0 radical (unpaired) electrons. The van der Waals surface area contributed by atoms with Crippen molar-refractivity contribution in [1.82, 2.24) is 0 Å². The highest BCUT2D eigenvalue weighted by atomic mass is 18.2. The Kier molecular flexibility index (Phi) is 3.54. The van der Waals surface area contributed by atoms with E-state index in [9.17, 15) is 14.3 Å². The monoisotopic (exact) mass is 319 g/mol. The topological polar surface area (TPSA) is 37.3 Å². The van der Waals surface area contributed by atoms with Crippen molar-refractivity contribution in [3.8, 4) is 0 Å². The van der Waals surface area contributed by atoms with Gasteiger partial charge < -0.3 is 5.11 Å². The van der Waals surface area contributed by atoms with E-state index in [4.69, 9.17) is 0 Å². The zero-order valence-electron chi connectivity index (χ0n) is 14.4. The van der Waals surface area contributed by atoms with Crippen LogP contribution < -0.4 is 0 Å². The molecular formula is C20H29FO2. The number of alkyl halides is 1. The first-order valence-corrected chi connectivity index (χ1v) is 9.41. The molecule has 0 aliphatic heterocycles. The molecule has 4 rings (SSSR count). The van der Waals surface area contributed by atoms with Crippen LogP contribution in [0.25, 0.3) is 0 Å². The van der Waals surface area contributed by atoms with Crippen molar-refractivity contribution < 1.29 is 14.3 Å². The largest absolute Gasteiger partial charge is 0.387 e. The minimum atomic E-state index is -1.11. The molecule has 4 aliphatic carbocycles. The lowest BCUT2D eigenvalue weighted by Crippen LogP contribution is -2.55. The smallest absolute Gasteiger partial charge is 0.155 e. The Balaban J connectivity index is 1.68. The molecule has 0 aromatic carbocycles. The molecule has 2 nitrogen and oxygen atoms in total. The second-order valence-corrected chi connectivity index (χ2v) is 9.02. The molecular weight excluding hydrogens is 290 g/mol. The number of halogens is 1. The van der Waals surface area contributed by atoms with Crippen LogP contribution in [0.5, 0.6) is 0 Å². The summed E-state index contributed by atoms with van der Waals surface area (Å²) in [5.41, 5.74) is 0.0153. The second-order valence-electron chi connectivity index (χ2n) is 9.02. The maximum Gasteiger partial charge on any atom is 0.155 e. The van der Waals surface area contributed by atoms with Crippen LogP contribution in [-0.4, -0.2) is 23.2 Å². The van der Waals surface area contributed by atoms with Crippen molar-refractivity contribution in [2.75, 3.05) is 6.67 Å². The molecule has 3 fully saturated rings. The van der Waals surface area contributed by atoms with Gasteiger partial charge in [-0.1, -0.05) is 19.4 Å². The summed E-state index contributed by atoms with van der Waals surface area (Å²) in [5, 5.41) is 10.9. The summed E-state index contributed by atoms with van der Waals surface area (Å²) in [6, 6.07) is 0. The third-order valence-corrected chi connectivity index (χ3v) is 8.18. The van der Waals surface area contributed by atoms with Gasteiger partial charge in [-0.2, -0.15) is 0 Å². The molecule has 128 valence electrons. The molecule has 3 heteroatoms. The molecule has 4 aliphatic rings. The number of hydrogen-bond donors (Lipinski definition) is 1. The minimum Gasteiger partial charge on any atom is -0.387 e. The molecule has 0 spiro atoms. The number of ketones is 1. The zero-order chi connectivity index (χ0) is 16.4. The third-order valence-electron chi connectivity index (χ3n) is 8.18. The predicted octanol–water partition coefficient (Wildman–Crippen LogP) is 4.07. The fourth-order valence-corrected chi connectivity index (χ4v) is 6.92. The van der Waals surface area contributed by atoms with Gasteiger partial charge in [0, 0.05) is 11.8 Å². The quantitative estimate of drug-likeness (QED) is 0.791. The highest BCUT2D eigenvalue weighted by Crippen LogP contribution is 2.65. The van der Waals surface area contributed by atoms with Gasteiger partial charge >= 0.3 is 0 Å². The van der Waals surface area contributed by atoms with Crippen molar-refractivity contribution >= 4 is 5.78 Å². The number of carbonyl (C=O) groups is 1. The summed E-state index contributed by atoms with van der Waals surface area (Å²) in [5.74, 6) is 3.08. The Bertz CT molecular complexity index is 556. The number of carbonyl (C=O) groups excluding carboxylic acids is 1. The van der Waals surface area contributed by atoms with E-state index in [1.54, 1.807) is 0 Å². The molecule has 0 aromatic heterocycles. The lowest BCUT2D eigenvalue weighted by Gasteiger charge is -2.57. The van der Waals surface area contributed by atoms with E-state index in [2.05, 4.69) is 13.8 Å². The average molecular weight is 319 g/mol. The first kappa shape index (κ1) is 15.8. The summed E-state index contributed by atoms with van der Waals surface area (Å²) < 4.78 is 13.6. The first-order chi connectivity index (χ1) is 10.9. The number of aliphatic hydroxyl groups is 1. The van der Waals surface area contributed by atoms with E-state index in [1.165, 1.54) is 5.57 Å². The van der Waals surface area contributed by atoms with E-state index >= 15 is 0 Å². The SMILES string of the molecule is CC1CC2=CC(=O)CC[C@@H]2C2CC[C@@]3(C)C(CC[C@@]3(O)C[18F])C12. The van der Waals surface area contributed by atoms with Crippen LogP contribution in [0.1, 0.15) is 58.8 Å². The molecule has 0 aromatic rings. The Hall–Kier alpha value is -0.700. The van der Waals surface area contributed by atoms with Gasteiger partial charge in [0.1, 0.15) is 6.67 Å². The van der Waals surface area contributed by atoms with Gasteiger partial charge in [0.15, 0.2) is 5.78 Å². The molecule has 0 bridgehead atoms. The van der Waals surface area contributed by atoms with E-state index in [-0.39, 0.29) is 5.41 Å². The summed E-state index contributed by atoms with van der Waals surface area (Å²) >= 11 is 0. The molecule has 23 heavy (non-hydrogen) atoms. The van der Waals surface area contributed by atoms with Crippen molar-refractivity contribution in [3.05, 3.63) is 11.6 Å². The van der Waals surface area contributed by atoms with Crippen molar-refractivity contribution in [1.29, 1.82) is 0 Å². The summed E-state index contributed by atoms with van der Waals surface area (Å²) in [7, 11) is 0. The zero-order valence-corrected chi connectivity index (χ0v) is 14.4. The van der Waals surface area contributed by atoms with Crippen LogP contribution in [0.15, 0.2) is 11.6 Å². The molecule has 7 atom stereocenters. The first-order valence-electron chi connectivity index (χ1n) is 9.41. The van der Waals surface area contributed by atoms with Gasteiger partial charge in [0.2, 0.25) is 0 Å². The number of fused-ring (bicyclic) bond motifs is 5.